The van der Waals surface area contributed by atoms with Gasteiger partial charge in [0, 0.05) is 13.1 Å². The number of anilines is 1. The number of hydrogen-bond acceptors (Lipinski definition) is 3. The number of fused-ring (bicyclic) bond motifs is 1. The van der Waals surface area contributed by atoms with Crippen molar-refractivity contribution in [2.45, 2.75) is 26.2 Å². The monoisotopic (exact) mass is 234 g/mol. The van der Waals surface area contributed by atoms with Crippen molar-refractivity contribution in [2.75, 3.05) is 32.5 Å². The summed E-state index contributed by atoms with van der Waals surface area (Å²) in [4.78, 5) is 2.53. The Balaban J connectivity index is 2.19. The number of nitrogens with two attached hydrogens (primary N) is 1. The molecule has 0 aliphatic carbocycles. The average Bonchev–Trinajstić information content (AvgIpc) is 2.52. The van der Waals surface area contributed by atoms with E-state index in [-0.39, 0.29) is 0 Å². The molecule has 2 rings (SSSR count). The molecule has 0 radical (unpaired) electrons. The lowest BCUT2D eigenvalue weighted by atomic mass is 10.0. The number of nitrogens with zero attached hydrogens (tertiary/aromatic N) is 1. The number of nitrogen functional groups attached to an aromatic ring is 1. The lowest BCUT2D eigenvalue weighted by Crippen LogP contribution is -2.27. The van der Waals surface area contributed by atoms with Crippen LogP contribution in [-0.4, -0.2) is 31.6 Å². The minimum Gasteiger partial charge on any atom is -0.495 e. The molecular formula is C14H22N2O. The van der Waals surface area contributed by atoms with Crippen LogP contribution >= 0.6 is 0 Å². The first-order chi connectivity index (χ1) is 8.24. The van der Waals surface area contributed by atoms with Crippen LogP contribution in [0.5, 0.6) is 5.75 Å². The highest BCUT2D eigenvalue weighted by molar-refractivity contribution is 5.57. The first kappa shape index (κ1) is 12.2. The molecule has 1 aromatic carbocycles. The Morgan fingerprint density at radius 3 is 2.47 bits per heavy atom. The standard InChI is InChI=1S/C14H22N2O/c1-3-6-16-7-4-11-9-13(15)14(17-2)10-12(11)5-8-16/h9-10H,3-8,15H2,1-2H3. The van der Waals surface area contributed by atoms with Crippen LogP contribution in [0.25, 0.3) is 0 Å². The molecule has 0 atom stereocenters. The lowest BCUT2D eigenvalue weighted by Gasteiger charge is -2.18. The van der Waals surface area contributed by atoms with Crippen LogP contribution in [0.2, 0.25) is 0 Å². The van der Waals surface area contributed by atoms with Crippen molar-refractivity contribution in [3.8, 4) is 5.75 Å². The first-order valence-corrected chi connectivity index (χ1v) is 6.42. The molecule has 1 aliphatic heterocycles. The fourth-order valence-electron chi connectivity index (χ4n) is 2.54. The van der Waals surface area contributed by atoms with Crippen LogP contribution in [0.4, 0.5) is 5.69 Å². The molecule has 3 nitrogen and oxygen atoms in total. The molecule has 0 spiro atoms. The van der Waals surface area contributed by atoms with Gasteiger partial charge in [-0.05, 0) is 49.1 Å². The minimum atomic E-state index is 0.759. The van der Waals surface area contributed by atoms with Crippen LogP contribution in [0.3, 0.4) is 0 Å². The van der Waals surface area contributed by atoms with E-state index in [4.69, 9.17) is 10.5 Å². The number of rotatable bonds is 3. The third-order valence-electron chi connectivity index (χ3n) is 3.49. The van der Waals surface area contributed by atoms with Gasteiger partial charge in [0.2, 0.25) is 0 Å². The van der Waals surface area contributed by atoms with E-state index in [2.05, 4.69) is 24.0 Å². The molecule has 2 N–H and O–H groups in total. The molecule has 17 heavy (non-hydrogen) atoms. The summed E-state index contributed by atoms with van der Waals surface area (Å²) in [5, 5.41) is 0. The number of ether oxygens (including phenoxy) is 1. The van der Waals surface area contributed by atoms with E-state index in [1.165, 1.54) is 24.1 Å². The molecule has 3 heteroatoms. The summed E-state index contributed by atoms with van der Waals surface area (Å²) < 4.78 is 5.29. The van der Waals surface area contributed by atoms with Gasteiger partial charge < -0.3 is 15.4 Å². The smallest absolute Gasteiger partial charge is 0.142 e. The SMILES string of the molecule is CCCN1CCc2cc(N)c(OC)cc2CC1. The van der Waals surface area contributed by atoms with Gasteiger partial charge in [-0.25, -0.2) is 0 Å². The normalized spacial score (nSPS) is 16.4. The Labute approximate surface area is 104 Å². The van der Waals surface area contributed by atoms with Gasteiger partial charge in [-0.1, -0.05) is 6.92 Å². The van der Waals surface area contributed by atoms with E-state index in [1.54, 1.807) is 7.11 Å². The highest BCUT2D eigenvalue weighted by atomic mass is 16.5. The summed E-state index contributed by atoms with van der Waals surface area (Å²) >= 11 is 0. The molecule has 0 aromatic heterocycles. The first-order valence-electron chi connectivity index (χ1n) is 6.42. The maximum Gasteiger partial charge on any atom is 0.142 e. The molecule has 1 aliphatic rings. The lowest BCUT2D eigenvalue weighted by molar-refractivity contribution is 0.288. The van der Waals surface area contributed by atoms with Gasteiger partial charge in [-0.15, -0.1) is 0 Å². The summed E-state index contributed by atoms with van der Waals surface area (Å²) in [5.41, 5.74) is 9.51. The Kier molecular flexibility index (Phi) is 3.89. The van der Waals surface area contributed by atoms with Gasteiger partial charge in [-0.2, -0.15) is 0 Å². The summed E-state index contributed by atoms with van der Waals surface area (Å²) in [5.74, 6) is 0.813. The molecule has 94 valence electrons. The Morgan fingerprint density at radius 2 is 1.88 bits per heavy atom. The van der Waals surface area contributed by atoms with E-state index < -0.39 is 0 Å². The van der Waals surface area contributed by atoms with Gasteiger partial charge in [-0.3, -0.25) is 0 Å². The largest absolute Gasteiger partial charge is 0.495 e. The summed E-state index contributed by atoms with van der Waals surface area (Å²) in [7, 11) is 1.68. The fourth-order valence-corrected chi connectivity index (χ4v) is 2.54. The summed E-state index contributed by atoms with van der Waals surface area (Å²) in [6, 6.07) is 4.20. The molecule has 0 unspecified atom stereocenters. The van der Waals surface area contributed by atoms with E-state index in [0.717, 1.165) is 37.4 Å². The quantitative estimate of drug-likeness (QED) is 0.814. The van der Waals surface area contributed by atoms with E-state index >= 15 is 0 Å². The second-order valence-corrected chi connectivity index (χ2v) is 4.70. The van der Waals surface area contributed by atoms with Crippen molar-refractivity contribution in [3.63, 3.8) is 0 Å². The van der Waals surface area contributed by atoms with Crippen molar-refractivity contribution < 1.29 is 4.74 Å². The van der Waals surface area contributed by atoms with Crippen molar-refractivity contribution in [1.82, 2.24) is 4.90 Å². The van der Waals surface area contributed by atoms with Crippen LogP contribution in [0.15, 0.2) is 12.1 Å². The van der Waals surface area contributed by atoms with Gasteiger partial charge in [0.1, 0.15) is 5.75 Å². The maximum atomic E-state index is 5.96. The van der Waals surface area contributed by atoms with Crippen molar-refractivity contribution in [3.05, 3.63) is 23.3 Å². The molecule has 0 saturated heterocycles. The second-order valence-electron chi connectivity index (χ2n) is 4.70. The Bertz CT molecular complexity index is 390. The van der Waals surface area contributed by atoms with E-state index in [1.807, 2.05) is 0 Å². The molecular weight excluding hydrogens is 212 g/mol. The zero-order valence-corrected chi connectivity index (χ0v) is 10.8. The van der Waals surface area contributed by atoms with Crippen molar-refractivity contribution in [2.24, 2.45) is 0 Å². The van der Waals surface area contributed by atoms with Gasteiger partial charge in [0.05, 0.1) is 12.8 Å². The van der Waals surface area contributed by atoms with Crippen molar-refractivity contribution in [1.29, 1.82) is 0 Å². The van der Waals surface area contributed by atoms with Crippen LogP contribution in [-0.2, 0) is 12.8 Å². The molecule has 0 amide bonds. The van der Waals surface area contributed by atoms with Crippen molar-refractivity contribution >= 4 is 5.69 Å². The van der Waals surface area contributed by atoms with Gasteiger partial charge in [0.25, 0.3) is 0 Å². The predicted octanol–water partition coefficient (Wildman–Crippen LogP) is 2.09. The number of hydrogen-bond donors (Lipinski definition) is 1. The van der Waals surface area contributed by atoms with Gasteiger partial charge in [0.15, 0.2) is 0 Å². The van der Waals surface area contributed by atoms with Gasteiger partial charge >= 0.3 is 0 Å². The third-order valence-corrected chi connectivity index (χ3v) is 3.49. The second kappa shape index (κ2) is 5.41. The Hall–Kier alpha value is -1.22. The predicted molar refractivity (Wildman–Crippen MR) is 71.5 cm³/mol. The highest BCUT2D eigenvalue weighted by Crippen LogP contribution is 2.28. The molecule has 0 fully saturated rings. The molecule has 0 bridgehead atoms. The zero-order valence-electron chi connectivity index (χ0n) is 10.8. The van der Waals surface area contributed by atoms with Crippen LogP contribution < -0.4 is 10.5 Å². The third kappa shape index (κ3) is 2.72. The zero-order chi connectivity index (χ0) is 12.3. The number of benzene rings is 1. The Morgan fingerprint density at radius 1 is 1.24 bits per heavy atom. The molecule has 1 aromatic rings. The van der Waals surface area contributed by atoms with Crippen LogP contribution in [0.1, 0.15) is 24.5 Å². The van der Waals surface area contributed by atoms with E-state index in [0.29, 0.717) is 0 Å². The average molecular weight is 234 g/mol. The summed E-state index contributed by atoms with van der Waals surface area (Å²) in [6.07, 6.45) is 3.43. The summed E-state index contributed by atoms with van der Waals surface area (Å²) in [6.45, 7) is 5.72. The molecule has 0 saturated carbocycles. The maximum absolute atomic E-state index is 5.96. The topological polar surface area (TPSA) is 38.5 Å². The minimum absolute atomic E-state index is 0.759. The molecule has 1 heterocycles. The van der Waals surface area contributed by atoms with E-state index in [9.17, 15) is 0 Å². The van der Waals surface area contributed by atoms with Crippen LogP contribution in [0, 0.1) is 0 Å². The fraction of sp³-hybridized carbons (Fsp3) is 0.571. The number of methoxy groups -OCH3 is 1. The highest BCUT2D eigenvalue weighted by Gasteiger charge is 2.15.